The molecule has 0 aliphatic heterocycles. The van der Waals surface area contributed by atoms with Crippen LogP contribution in [0.5, 0.6) is 0 Å². The van der Waals surface area contributed by atoms with Crippen LogP contribution in [0.2, 0.25) is 0 Å². The van der Waals surface area contributed by atoms with Gasteiger partial charge in [0.1, 0.15) is 5.82 Å². The Kier molecular flexibility index (Phi) is 5.96. The number of aliphatic hydroxyl groups excluding tert-OH is 1. The Morgan fingerprint density at radius 1 is 1.14 bits per heavy atom. The van der Waals surface area contributed by atoms with Crippen molar-refractivity contribution in [1.29, 1.82) is 0 Å². The molecule has 3 heteroatoms. The van der Waals surface area contributed by atoms with Crippen LogP contribution in [0.1, 0.15) is 43.7 Å². The summed E-state index contributed by atoms with van der Waals surface area (Å²) >= 11 is 0. The summed E-state index contributed by atoms with van der Waals surface area (Å²) in [5.41, 5.74) is 8.37. The molecule has 3 atom stereocenters. The summed E-state index contributed by atoms with van der Waals surface area (Å²) in [7, 11) is 0. The molecule has 0 bridgehead atoms. The number of hydrogen-bond donors (Lipinski definition) is 2. The lowest BCUT2D eigenvalue weighted by Gasteiger charge is -2.25. The topological polar surface area (TPSA) is 59.1 Å². The largest absolute Gasteiger partial charge is 0.393 e. The van der Waals surface area contributed by atoms with Crippen molar-refractivity contribution >= 4 is 5.82 Å². The van der Waals surface area contributed by atoms with E-state index in [1.165, 1.54) is 5.56 Å². The Hall–Kier alpha value is -1.87. The summed E-state index contributed by atoms with van der Waals surface area (Å²) in [6, 6.07) is 14.4. The zero-order valence-electron chi connectivity index (χ0n) is 13.4. The fraction of sp³-hybridized carbons (Fsp3) is 0.421. The van der Waals surface area contributed by atoms with E-state index in [-0.39, 0.29) is 12.0 Å². The molecule has 0 saturated heterocycles. The van der Waals surface area contributed by atoms with Crippen molar-refractivity contribution in [1.82, 2.24) is 4.98 Å². The number of hydrogen-bond acceptors (Lipinski definition) is 3. The van der Waals surface area contributed by atoms with Gasteiger partial charge in [0.05, 0.1) is 6.10 Å². The van der Waals surface area contributed by atoms with Crippen LogP contribution in [0.3, 0.4) is 0 Å². The molecule has 22 heavy (non-hydrogen) atoms. The van der Waals surface area contributed by atoms with Gasteiger partial charge in [-0.2, -0.15) is 0 Å². The van der Waals surface area contributed by atoms with Gasteiger partial charge in [0.25, 0.3) is 0 Å². The molecule has 1 aromatic heterocycles. The molecule has 1 heterocycles. The molecule has 0 saturated carbocycles. The molecule has 0 fully saturated rings. The predicted octanol–water partition coefficient (Wildman–Crippen LogP) is 3.79. The van der Waals surface area contributed by atoms with Gasteiger partial charge in [-0.3, -0.25) is 0 Å². The van der Waals surface area contributed by atoms with Crippen LogP contribution < -0.4 is 5.73 Å². The average molecular weight is 298 g/mol. The number of rotatable bonds is 7. The quantitative estimate of drug-likeness (QED) is 0.817. The zero-order chi connectivity index (χ0) is 15.9. The highest BCUT2D eigenvalue weighted by atomic mass is 16.3. The Morgan fingerprint density at radius 3 is 2.50 bits per heavy atom. The third-order valence-corrected chi connectivity index (χ3v) is 4.39. The Bertz CT molecular complexity index is 571. The summed E-state index contributed by atoms with van der Waals surface area (Å²) in [4.78, 5) is 4.18. The number of aromatic nitrogens is 1. The maximum Gasteiger partial charge on any atom is 0.126 e. The first kappa shape index (κ1) is 16.5. The normalized spacial score (nSPS) is 15.2. The molecular formula is C19H26N2O. The summed E-state index contributed by atoms with van der Waals surface area (Å²) in [6.07, 6.45) is 4.05. The van der Waals surface area contributed by atoms with Gasteiger partial charge in [0, 0.05) is 6.20 Å². The van der Waals surface area contributed by atoms with E-state index in [2.05, 4.69) is 36.2 Å². The monoisotopic (exact) mass is 298 g/mol. The molecule has 2 rings (SSSR count). The first-order chi connectivity index (χ1) is 10.6. The van der Waals surface area contributed by atoms with Gasteiger partial charge in [0.15, 0.2) is 0 Å². The molecule has 1 aromatic carbocycles. The van der Waals surface area contributed by atoms with Gasteiger partial charge in [-0.05, 0) is 48.3 Å². The number of nitrogens with zero attached hydrogens (tertiary/aromatic N) is 1. The highest BCUT2D eigenvalue weighted by Gasteiger charge is 2.21. The molecule has 0 radical (unpaired) electrons. The Morgan fingerprint density at radius 2 is 1.86 bits per heavy atom. The average Bonchev–Trinajstić information content (AvgIpc) is 2.56. The van der Waals surface area contributed by atoms with Crippen molar-refractivity contribution in [3.63, 3.8) is 0 Å². The minimum Gasteiger partial charge on any atom is -0.393 e. The van der Waals surface area contributed by atoms with Crippen LogP contribution in [0.25, 0.3) is 0 Å². The second kappa shape index (κ2) is 7.95. The second-order valence-corrected chi connectivity index (χ2v) is 6.05. The number of aliphatic hydroxyl groups is 1. The van der Waals surface area contributed by atoms with Crippen molar-refractivity contribution in [2.75, 3.05) is 5.73 Å². The number of benzene rings is 1. The minimum absolute atomic E-state index is 0.252. The van der Waals surface area contributed by atoms with Crippen LogP contribution in [0.4, 0.5) is 5.82 Å². The summed E-state index contributed by atoms with van der Waals surface area (Å²) in [5, 5.41) is 10.1. The van der Waals surface area contributed by atoms with E-state index < -0.39 is 0 Å². The number of anilines is 1. The predicted molar refractivity (Wildman–Crippen MR) is 91.6 cm³/mol. The Balaban J connectivity index is 2.20. The van der Waals surface area contributed by atoms with E-state index in [0.29, 0.717) is 11.7 Å². The van der Waals surface area contributed by atoms with E-state index in [0.717, 1.165) is 24.8 Å². The summed E-state index contributed by atoms with van der Waals surface area (Å²) in [5.74, 6) is 1.20. The molecule has 3 unspecified atom stereocenters. The van der Waals surface area contributed by atoms with E-state index >= 15 is 0 Å². The van der Waals surface area contributed by atoms with E-state index in [9.17, 15) is 5.11 Å². The third-order valence-electron chi connectivity index (χ3n) is 4.39. The highest BCUT2D eigenvalue weighted by molar-refractivity contribution is 5.40. The lowest BCUT2D eigenvalue weighted by atomic mass is 9.83. The van der Waals surface area contributed by atoms with Crippen molar-refractivity contribution in [3.05, 3.63) is 59.8 Å². The smallest absolute Gasteiger partial charge is 0.126 e. The molecule has 3 nitrogen and oxygen atoms in total. The molecule has 3 N–H and O–H groups in total. The highest BCUT2D eigenvalue weighted by Crippen LogP contribution is 2.30. The molecule has 118 valence electrons. The van der Waals surface area contributed by atoms with Crippen molar-refractivity contribution in [2.24, 2.45) is 5.92 Å². The van der Waals surface area contributed by atoms with E-state index in [1.807, 2.05) is 25.1 Å². The zero-order valence-corrected chi connectivity index (χ0v) is 13.4. The maximum absolute atomic E-state index is 10.1. The first-order valence-corrected chi connectivity index (χ1v) is 8.04. The first-order valence-electron chi connectivity index (χ1n) is 8.04. The lowest BCUT2D eigenvalue weighted by Crippen LogP contribution is -2.20. The maximum atomic E-state index is 10.1. The summed E-state index contributed by atoms with van der Waals surface area (Å²) in [6.45, 7) is 4.15. The standard InChI is InChI=1S/C19H26N2O/c1-3-18(22)14(2)12-17(15-8-5-4-6-9-15)13-16-10-7-11-21-19(16)20/h4-11,14,17-18,22H,3,12-13H2,1-2H3,(H2,20,21). The van der Waals surface area contributed by atoms with E-state index in [1.54, 1.807) is 6.20 Å². The van der Waals surface area contributed by atoms with Gasteiger partial charge in [0.2, 0.25) is 0 Å². The third kappa shape index (κ3) is 4.31. The molecule has 2 aromatic rings. The van der Waals surface area contributed by atoms with Gasteiger partial charge in [-0.25, -0.2) is 4.98 Å². The van der Waals surface area contributed by atoms with Crippen molar-refractivity contribution < 1.29 is 5.11 Å². The molecule has 0 amide bonds. The van der Waals surface area contributed by atoms with Gasteiger partial charge < -0.3 is 10.8 Å². The van der Waals surface area contributed by atoms with Crippen LogP contribution >= 0.6 is 0 Å². The molecular weight excluding hydrogens is 272 g/mol. The van der Waals surface area contributed by atoms with Crippen LogP contribution in [-0.4, -0.2) is 16.2 Å². The number of pyridine rings is 1. The van der Waals surface area contributed by atoms with Crippen molar-refractivity contribution in [2.45, 2.75) is 45.1 Å². The SMILES string of the molecule is CCC(O)C(C)CC(Cc1cccnc1N)c1ccccc1. The number of nitrogens with two attached hydrogens (primary N) is 1. The Labute approximate surface area is 133 Å². The minimum atomic E-state index is -0.252. The van der Waals surface area contributed by atoms with Crippen LogP contribution in [0, 0.1) is 5.92 Å². The fourth-order valence-corrected chi connectivity index (χ4v) is 2.96. The van der Waals surface area contributed by atoms with Gasteiger partial charge in [-0.1, -0.05) is 50.2 Å². The van der Waals surface area contributed by atoms with Gasteiger partial charge in [-0.15, -0.1) is 0 Å². The molecule has 0 aliphatic carbocycles. The fourth-order valence-electron chi connectivity index (χ4n) is 2.96. The van der Waals surface area contributed by atoms with Gasteiger partial charge >= 0.3 is 0 Å². The molecule has 0 spiro atoms. The lowest BCUT2D eigenvalue weighted by molar-refractivity contribution is 0.104. The van der Waals surface area contributed by atoms with Crippen molar-refractivity contribution in [3.8, 4) is 0 Å². The number of nitrogen functional groups attached to an aromatic ring is 1. The van der Waals surface area contributed by atoms with Crippen LogP contribution in [0.15, 0.2) is 48.7 Å². The van der Waals surface area contributed by atoms with E-state index in [4.69, 9.17) is 5.73 Å². The second-order valence-electron chi connectivity index (χ2n) is 6.05. The molecule has 0 aliphatic rings. The van der Waals surface area contributed by atoms with Crippen LogP contribution in [-0.2, 0) is 6.42 Å². The summed E-state index contributed by atoms with van der Waals surface area (Å²) < 4.78 is 0.